The van der Waals surface area contributed by atoms with Crippen LogP contribution in [0.15, 0.2) is 18.2 Å². The molecule has 1 aromatic carbocycles. The second kappa shape index (κ2) is 4.47. The molecule has 0 saturated carbocycles. The van der Waals surface area contributed by atoms with Crippen molar-refractivity contribution in [3.8, 4) is 0 Å². The van der Waals surface area contributed by atoms with Crippen molar-refractivity contribution in [3.63, 3.8) is 0 Å². The number of carboxylic acid groups (broad SMARTS) is 1. The summed E-state index contributed by atoms with van der Waals surface area (Å²) in [6, 6.07) is 3.83. The maximum atomic E-state index is 11.1. The zero-order valence-corrected chi connectivity index (χ0v) is 9.85. The second-order valence-corrected chi connectivity index (χ2v) is 5.06. The van der Waals surface area contributed by atoms with E-state index in [9.17, 15) is 15.7 Å². The van der Waals surface area contributed by atoms with Crippen molar-refractivity contribution in [2.45, 2.75) is 6.92 Å². The fraction of sp³-hybridized carbons (Fsp3) is 0.111. The van der Waals surface area contributed by atoms with E-state index in [2.05, 4.69) is 0 Å². The Hall–Kier alpha value is -1.31. The van der Waals surface area contributed by atoms with Crippen LogP contribution < -0.4 is 0 Å². The Morgan fingerprint density at radius 2 is 1.73 bits per heavy atom. The lowest BCUT2D eigenvalue weighted by atomic mass is 10.1. The standard InChI is InChI=1S/C9H7IO5/c1-5(11)6-3-2-4-7(9(12)13)8(6)10(14)15/h2-4H,1H3,(H,12,13). The average Bonchev–Trinajstić information content (AvgIpc) is 2.16. The number of benzene rings is 1. The van der Waals surface area contributed by atoms with Crippen LogP contribution in [0, 0.1) is 3.57 Å². The lowest BCUT2D eigenvalue weighted by Crippen LogP contribution is -2.06. The largest absolute Gasteiger partial charge is 0.478 e. The molecular weight excluding hydrogens is 315 g/mol. The third-order valence-electron chi connectivity index (χ3n) is 1.76. The summed E-state index contributed by atoms with van der Waals surface area (Å²) in [6.45, 7) is 1.20. The molecule has 0 heterocycles. The van der Waals surface area contributed by atoms with E-state index in [0.29, 0.717) is 0 Å². The monoisotopic (exact) mass is 322 g/mol. The fourth-order valence-electron chi connectivity index (χ4n) is 1.14. The smallest absolute Gasteiger partial charge is 0.342 e. The highest BCUT2D eigenvalue weighted by Crippen LogP contribution is 2.26. The van der Waals surface area contributed by atoms with E-state index < -0.39 is 31.5 Å². The molecular formula is C9H7IO5. The molecule has 6 heteroatoms. The highest BCUT2D eigenvalue weighted by atomic mass is 127. The molecule has 1 rings (SSSR count). The highest BCUT2D eigenvalue weighted by molar-refractivity contribution is 14.2. The number of Topliss-reactive ketones (excluding diaryl/α,β-unsaturated/α-hetero) is 1. The number of carboxylic acids is 1. The number of hydrogen-bond donors (Lipinski definition) is 1. The van der Waals surface area contributed by atoms with Crippen LogP contribution in [0.1, 0.15) is 27.6 Å². The van der Waals surface area contributed by atoms with Gasteiger partial charge in [0.05, 0.1) is 5.56 Å². The summed E-state index contributed by atoms with van der Waals surface area (Å²) in [6.07, 6.45) is 0. The van der Waals surface area contributed by atoms with Gasteiger partial charge in [-0.15, -0.1) is 0 Å². The van der Waals surface area contributed by atoms with E-state index in [1.54, 1.807) is 0 Å². The first-order valence-corrected chi connectivity index (χ1v) is 6.71. The van der Waals surface area contributed by atoms with Crippen LogP contribution in [0.5, 0.6) is 0 Å². The van der Waals surface area contributed by atoms with Crippen LogP contribution in [0.3, 0.4) is 0 Å². The number of carbonyl (C=O) groups is 2. The van der Waals surface area contributed by atoms with Crippen molar-refractivity contribution >= 4 is 31.5 Å². The zero-order valence-electron chi connectivity index (χ0n) is 7.69. The summed E-state index contributed by atoms with van der Waals surface area (Å²) >= 11 is -3.99. The number of carbonyl (C=O) groups excluding carboxylic acids is 1. The van der Waals surface area contributed by atoms with Crippen molar-refractivity contribution in [2.24, 2.45) is 0 Å². The predicted molar refractivity (Wildman–Crippen MR) is 57.5 cm³/mol. The molecule has 80 valence electrons. The minimum absolute atomic E-state index is 0.0508. The molecule has 1 aromatic rings. The van der Waals surface area contributed by atoms with Gasteiger partial charge in [0.15, 0.2) is 5.78 Å². The molecule has 0 radical (unpaired) electrons. The van der Waals surface area contributed by atoms with Crippen molar-refractivity contribution in [1.29, 1.82) is 0 Å². The van der Waals surface area contributed by atoms with Crippen LogP contribution in [0.25, 0.3) is 0 Å². The van der Waals surface area contributed by atoms with E-state index in [1.807, 2.05) is 0 Å². The Balaban J connectivity index is 3.63. The van der Waals surface area contributed by atoms with Crippen molar-refractivity contribution < 1.29 is 20.8 Å². The van der Waals surface area contributed by atoms with Gasteiger partial charge >= 0.3 is 25.8 Å². The summed E-state index contributed by atoms with van der Waals surface area (Å²) in [5.41, 5.74) is -0.386. The molecule has 5 nitrogen and oxygen atoms in total. The lowest BCUT2D eigenvalue weighted by molar-refractivity contribution is 0.0695. The Labute approximate surface area is 92.3 Å². The van der Waals surface area contributed by atoms with Gasteiger partial charge in [-0.25, -0.2) is 10.9 Å². The van der Waals surface area contributed by atoms with E-state index in [1.165, 1.54) is 25.1 Å². The number of aromatic carboxylic acids is 1. The van der Waals surface area contributed by atoms with Crippen LogP contribution in [0.2, 0.25) is 0 Å². The third-order valence-corrected chi connectivity index (χ3v) is 3.81. The minimum Gasteiger partial charge on any atom is -0.478 e. The van der Waals surface area contributed by atoms with Crippen LogP contribution >= 0.6 is 19.8 Å². The van der Waals surface area contributed by atoms with Crippen molar-refractivity contribution in [1.82, 2.24) is 0 Å². The van der Waals surface area contributed by atoms with Gasteiger partial charge in [0.25, 0.3) is 0 Å². The summed E-state index contributed by atoms with van der Waals surface area (Å²) in [5, 5.41) is 8.76. The number of ketones is 1. The van der Waals surface area contributed by atoms with Crippen molar-refractivity contribution in [2.75, 3.05) is 0 Å². The normalized spacial score (nSPS) is 10.3. The first-order chi connectivity index (χ1) is 6.95. The summed E-state index contributed by atoms with van der Waals surface area (Å²) in [7, 11) is 0. The van der Waals surface area contributed by atoms with Crippen LogP contribution in [0.4, 0.5) is 0 Å². The van der Waals surface area contributed by atoms with Gasteiger partial charge in [-0.1, -0.05) is 12.1 Å². The Morgan fingerprint density at radius 1 is 1.20 bits per heavy atom. The second-order valence-electron chi connectivity index (χ2n) is 2.75. The maximum absolute atomic E-state index is 11.1. The van der Waals surface area contributed by atoms with Gasteiger partial charge < -0.3 is 5.11 Å². The molecule has 0 saturated heterocycles. The van der Waals surface area contributed by atoms with Gasteiger partial charge in [-0.05, 0) is 13.0 Å². The highest BCUT2D eigenvalue weighted by Gasteiger charge is 2.19. The molecule has 0 aliphatic carbocycles. The first kappa shape index (κ1) is 11.8. The molecule has 0 aliphatic rings. The lowest BCUT2D eigenvalue weighted by Gasteiger charge is -2.02. The zero-order chi connectivity index (χ0) is 11.6. The fourth-order valence-corrected chi connectivity index (χ4v) is 3.05. The molecule has 0 aliphatic heterocycles. The minimum atomic E-state index is -3.99. The summed E-state index contributed by atoms with van der Waals surface area (Å²) < 4.78 is 21.6. The van der Waals surface area contributed by atoms with Gasteiger partial charge in [0, 0.05) is 5.56 Å². The maximum Gasteiger partial charge on any atom is 0.342 e. The van der Waals surface area contributed by atoms with Crippen LogP contribution in [-0.4, -0.2) is 16.9 Å². The van der Waals surface area contributed by atoms with Gasteiger partial charge in [-0.2, -0.15) is 0 Å². The quantitative estimate of drug-likeness (QED) is 0.679. The molecule has 1 N–H and O–H groups in total. The van der Waals surface area contributed by atoms with Crippen molar-refractivity contribution in [3.05, 3.63) is 32.9 Å². The molecule has 15 heavy (non-hydrogen) atoms. The van der Waals surface area contributed by atoms with Gasteiger partial charge in [0.2, 0.25) is 0 Å². The average molecular weight is 322 g/mol. The molecule has 0 unspecified atom stereocenters. The third kappa shape index (κ3) is 2.38. The molecule has 0 atom stereocenters. The number of rotatable bonds is 3. The summed E-state index contributed by atoms with van der Waals surface area (Å²) in [4.78, 5) is 21.8. The first-order valence-electron chi connectivity index (χ1n) is 3.87. The molecule has 0 aromatic heterocycles. The Kier molecular flexibility index (Phi) is 3.51. The predicted octanol–water partition coefficient (Wildman–Crippen LogP) is 1.95. The van der Waals surface area contributed by atoms with E-state index in [4.69, 9.17) is 5.11 Å². The molecule has 0 amide bonds. The van der Waals surface area contributed by atoms with Crippen LogP contribution in [-0.2, 0) is 6.14 Å². The van der Waals surface area contributed by atoms with E-state index in [0.717, 1.165) is 0 Å². The molecule has 0 bridgehead atoms. The Morgan fingerprint density at radius 3 is 2.13 bits per heavy atom. The Bertz CT molecular complexity index is 461. The topological polar surface area (TPSA) is 88.5 Å². The molecule has 0 fully saturated rings. The van der Waals surface area contributed by atoms with E-state index in [-0.39, 0.29) is 14.7 Å². The van der Waals surface area contributed by atoms with Gasteiger partial charge in [0.1, 0.15) is 3.57 Å². The number of halogens is 1. The SMILES string of the molecule is CC(=O)c1cccc(C(=O)O)c1I(=O)=O. The van der Waals surface area contributed by atoms with E-state index >= 15 is 0 Å². The summed E-state index contributed by atoms with van der Waals surface area (Å²) in [5.74, 6) is -1.80. The number of hydrogen-bond acceptors (Lipinski definition) is 4. The van der Waals surface area contributed by atoms with Gasteiger partial charge in [-0.3, -0.25) is 4.79 Å². The molecule has 0 spiro atoms.